The van der Waals surface area contributed by atoms with Gasteiger partial charge in [0, 0.05) is 49.8 Å². The number of rotatable bonds is 28. The molecule has 0 spiro atoms. The number of nitrogens with zero attached hydrogens (tertiary/aromatic N) is 6. The molecule has 0 amide bonds. The summed E-state index contributed by atoms with van der Waals surface area (Å²) in [6.45, 7) is 11.3. The van der Waals surface area contributed by atoms with Crippen LogP contribution in [0.4, 0.5) is 0 Å². The summed E-state index contributed by atoms with van der Waals surface area (Å²) in [5.74, 6) is -1.55. The molecule has 0 radical (unpaired) electrons. The number of nitrogens with one attached hydrogen (secondary N) is 1. The molecule has 2 rings (SSSR count). The minimum Gasteiger partial charge on any atom is -0.463 e. The third-order valence-electron chi connectivity index (χ3n) is 9.21. The Kier molecular flexibility index (Phi) is 24.4. The smallest absolute Gasteiger partial charge is 0.302 e. The second-order valence-corrected chi connectivity index (χ2v) is 16.2. The van der Waals surface area contributed by atoms with Crippen LogP contribution in [-0.2, 0) is 52.2 Å². The lowest BCUT2D eigenvalue weighted by molar-refractivity contribution is -0.401. The first-order valence-electron chi connectivity index (χ1n) is 20.1. The zero-order valence-electron chi connectivity index (χ0n) is 34.4. The summed E-state index contributed by atoms with van der Waals surface area (Å²) >= 11 is 17.8. The molecule has 2 heterocycles. The Labute approximate surface area is 355 Å². The van der Waals surface area contributed by atoms with Crippen LogP contribution >= 0.6 is 34.8 Å². The Balaban J connectivity index is 2.94. The van der Waals surface area contributed by atoms with Gasteiger partial charge >= 0.3 is 5.97 Å². The summed E-state index contributed by atoms with van der Waals surface area (Å²) < 4.78 is 59.9. The molecule has 0 aliphatic carbocycles. The molecule has 334 valence electrons. The van der Waals surface area contributed by atoms with Crippen LogP contribution in [0.1, 0.15) is 106 Å². The van der Waals surface area contributed by atoms with E-state index in [2.05, 4.69) is 20.1 Å². The fraction of sp³-hybridized carbons (Fsp3) is 0.944. The molecular weight excluding hydrogens is 829 g/mol. The quantitative estimate of drug-likeness (QED) is 0.0111. The SMILES string of the molecule is CCCCOCC1OC(OC(=N)C(Cl)(Cl)Cl)C(O)(N=[N+]=[N-])C(OCCCC)C1OC1OC(COC(C)=O)C(OCCCC)C(OCCCC)C1(N=[N+]=[N-])OCCCC. The van der Waals surface area contributed by atoms with Crippen molar-refractivity contribution < 1.29 is 57.3 Å². The minimum atomic E-state index is -2.80. The van der Waals surface area contributed by atoms with Gasteiger partial charge in [0.05, 0.1) is 6.61 Å². The highest BCUT2D eigenvalue weighted by Gasteiger charge is 2.64. The van der Waals surface area contributed by atoms with E-state index in [0.717, 1.165) is 19.3 Å². The molecule has 2 N–H and O–H groups in total. The van der Waals surface area contributed by atoms with Crippen LogP contribution in [0, 0.1) is 5.41 Å². The Morgan fingerprint density at radius 3 is 1.83 bits per heavy atom. The van der Waals surface area contributed by atoms with E-state index in [1.54, 1.807) is 0 Å². The third-order valence-corrected chi connectivity index (χ3v) is 9.73. The minimum absolute atomic E-state index is 0.00745. The van der Waals surface area contributed by atoms with Crippen molar-refractivity contribution in [2.75, 3.05) is 46.2 Å². The van der Waals surface area contributed by atoms with Gasteiger partial charge in [0.1, 0.15) is 43.2 Å². The van der Waals surface area contributed by atoms with Crippen molar-refractivity contribution in [3.8, 4) is 0 Å². The molecule has 0 aromatic rings. The summed E-state index contributed by atoms with van der Waals surface area (Å²) in [6, 6.07) is 0. The van der Waals surface area contributed by atoms with Crippen molar-refractivity contribution in [2.45, 2.75) is 170 Å². The van der Waals surface area contributed by atoms with Gasteiger partial charge in [-0.1, -0.05) is 107 Å². The van der Waals surface area contributed by atoms with E-state index < -0.39 is 76.3 Å². The Morgan fingerprint density at radius 1 is 0.759 bits per heavy atom. The van der Waals surface area contributed by atoms with E-state index in [4.69, 9.17) is 87.6 Å². The standard InChI is InChI=1S/C36H62Cl3N7O12/c1-7-12-17-49-22-25-28(29(51-19-14-9-3)34(48,43-45-41)32(55-25)58-31(40)36(37,38)39)57-33-35(44-46-42,54-21-16-11-5)30(52-20-15-10-4)27(50-18-13-8-2)26(56-33)23-53-24(6)47/h25-30,32-33,40,48H,7-23H2,1-6H3. The molecule has 0 aromatic heterocycles. The summed E-state index contributed by atoms with van der Waals surface area (Å²) in [7, 11) is 0. The lowest BCUT2D eigenvalue weighted by Crippen LogP contribution is -2.72. The lowest BCUT2D eigenvalue weighted by atomic mass is 9.90. The molecule has 2 aliphatic rings. The van der Waals surface area contributed by atoms with Crippen LogP contribution in [0.15, 0.2) is 10.2 Å². The first kappa shape index (κ1) is 52.2. The Bertz CT molecular complexity index is 1330. The van der Waals surface area contributed by atoms with Crippen molar-refractivity contribution in [3.63, 3.8) is 0 Å². The van der Waals surface area contributed by atoms with E-state index in [1.165, 1.54) is 6.92 Å². The van der Waals surface area contributed by atoms with Gasteiger partial charge in [-0.3, -0.25) is 10.2 Å². The van der Waals surface area contributed by atoms with Gasteiger partial charge in [0.15, 0.2) is 6.29 Å². The number of aliphatic hydroxyl groups is 1. The summed E-state index contributed by atoms with van der Waals surface area (Å²) in [5.41, 5.74) is 15.1. The average Bonchev–Trinajstić information content (AvgIpc) is 3.17. The number of unbranched alkanes of at least 4 members (excludes halogenated alkanes) is 5. The topological polar surface area (TPSA) is 251 Å². The third kappa shape index (κ3) is 15.2. The number of azide groups is 2. The molecule has 0 bridgehead atoms. The number of alkyl halides is 3. The van der Waals surface area contributed by atoms with Gasteiger partial charge in [-0.05, 0) is 48.3 Å². The van der Waals surface area contributed by atoms with Crippen molar-refractivity contribution in [2.24, 2.45) is 10.2 Å². The van der Waals surface area contributed by atoms with E-state index in [1.807, 2.05) is 34.6 Å². The molecule has 10 unspecified atom stereocenters. The number of ether oxygens (including phenoxy) is 10. The van der Waals surface area contributed by atoms with Crippen LogP contribution in [0.3, 0.4) is 0 Å². The molecule has 2 fully saturated rings. The maximum Gasteiger partial charge on any atom is 0.302 e. The molecule has 19 nitrogen and oxygen atoms in total. The maximum absolute atomic E-state index is 12.3. The van der Waals surface area contributed by atoms with Crippen LogP contribution < -0.4 is 0 Å². The first-order chi connectivity index (χ1) is 27.7. The van der Waals surface area contributed by atoms with Crippen molar-refractivity contribution in [1.82, 2.24) is 0 Å². The van der Waals surface area contributed by atoms with Gasteiger partial charge in [-0.15, -0.1) is 0 Å². The van der Waals surface area contributed by atoms with Crippen LogP contribution in [0.25, 0.3) is 20.9 Å². The van der Waals surface area contributed by atoms with Gasteiger partial charge < -0.3 is 52.5 Å². The predicted molar refractivity (Wildman–Crippen MR) is 214 cm³/mol. The highest BCUT2D eigenvalue weighted by molar-refractivity contribution is 6.76. The van der Waals surface area contributed by atoms with Gasteiger partial charge in [-0.2, -0.15) is 0 Å². The molecule has 0 saturated carbocycles. The summed E-state index contributed by atoms with van der Waals surface area (Å²) in [4.78, 5) is 18.2. The van der Waals surface area contributed by atoms with Gasteiger partial charge in [0.25, 0.3) is 3.79 Å². The molecular formula is C36H62Cl3N7O12. The molecule has 2 saturated heterocycles. The zero-order chi connectivity index (χ0) is 43.2. The second kappa shape index (κ2) is 27.1. The molecule has 58 heavy (non-hydrogen) atoms. The molecule has 10 atom stereocenters. The largest absolute Gasteiger partial charge is 0.463 e. The van der Waals surface area contributed by atoms with Crippen molar-refractivity contribution in [3.05, 3.63) is 20.9 Å². The van der Waals surface area contributed by atoms with Crippen molar-refractivity contribution in [1.29, 1.82) is 5.41 Å². The van der Waals surface area contributed by atoms with Crippen LogP contribution in [0.5, 0.6) is 0 Å². The van der Waals surface area contributed by atoms with Gasteiger partial charge in [-0.25, -0.2) is 0 Å². The lowest BCUT2D eigenvalue weighted by Gasteiger charge is -2.54. The molecule has 22 heteroatoms. The van der Waals surface area contributed by atoms with E-state index in [0.29, 0.717) is 44.9 Å². The number of hydrogen-bond donors (Lipinski definition) is 2. The molecule has 2 aliphatic heterocycles. The van der Waals surface area contributed by atoms with E-state index >= 15 is 0 Å². The van der Waals surface area contributed by atoms with Crippen LogP contribution in [-0.4, -0.2) is 128 Å². The maximum atomic E-state index is 12.3. The summed E-state index contributed by atoms with van der Waals surface area (Å²) in [5, 5.41) is 28.4. The number of halogens is 3. The van der Waals surface area contributed by atoms with Crippen LogP contribution in [0.2, 0.25) is 0 Å². The average molecular weight is 891 g/mol. The highest BCUT2D eigenvalue weighted by atomic mass is 35.6. The fourth-order valence-electron chi connectivity index (χ4n) is 6.05. The summed E-state index contributed by atoms with van der Waals surface area (Å²) in [6.07, 6.45) is -4.68. The monoisotopic (exact) mass is 889 g/mol. The highest BCUT2D eigenvalue weighted by Crippen LogP contribution is 2.44. The second-order valence-electron chi connectivity index (χ2n) is 13.9. The van der Waals surface area contributed by atoms with E-state index in [-0.39, 0.29) is 46.2 Å². The number of carbonyl (C=O) groups is 1. The Morgan fingerprint density at radius 2 is 1.28 bits per heavy atom. The number of esters is 1. The van der Waals surface area contributed by atoms with Crippen molar-refractivity contribution >= 4 is 46.7 Å². The van der Waals surface area contributed by atoms with Gasteiger partial charge in [0.2, 0.25) is 23.6 Å². The first-order valence-corrected chi connectivity index (χ1v) is 21.2. The predicted octanol–water partition coefficient (Wildman–Crippen LogP) is 7.94. The number of carbonyl (C=O) groups excluding carboxylic acids is 1. The molecule has 0 aromatic carbocycles. The zero-order valence-corrected chi connectivity index (χ0v) is 36.7. The fourth-order valence-corrected chi connectivity index (χ4v) is 6.18. The number of hydrogen-bond acceptors (Lipinski definition) is 15. The van der Waals surface area contributed by atoms with E-state index in [9.17, 15) is 21.0 Å². The normalized spacial score (nSPS) is 29.9. The Hall–Kier alpha value is -1.93.